The summed E-state index contributed by atoms with van der Waals surface area (Å²) < 4.78 is 14.9. The molecule has 0 saturated carbocycles. The zero-order valence-electron chi connectivity index (χ0n) is 12.1. The highest BCUT2D eigenvalue weighted by molar-refractivity contribution is 9.10. The topological polar surface area (TPSA) is 42.1 Å². The Balaban J connectivity index is 2.28. The predicted octanol–water partition coefficient (Wildman–Crippen LogP) is 3.68. The zero-order valence-corrected chi connectivity index (χ0v) is 13.7. The van der Waals surface area contributed by atoms with Crippen molar-refractivity contribution in [3.8, 4) is 0 Å². The molecule has 2 aromatic rings. The number of nitrogens with two attached hydrogens (primary N) is 1. The van der Waals surface area contributed by atoms with Gasteiger partial charge in [-0.25, -0.2) is 4.39 Å². The van der Waals surface area contributed by atoms with Crippen molar-refractivity contribution in [1.82, 2.24) is 9.88 Å². The molecular weight excluding hydrogens is 333 g/mol. The highest BCUT2D eigenvalue weighted by Gasteiger charge is 2.23. The molecule has 1 aromatic heterocycles. The van der Waals surface area contributed by atoms with E-state index in [1.165, 1.54) is 6.07 Å². The SMILES string of the molecule is CC(c1ccccc1F)N(C)C(CN)c1cncc(Br)c1. The van der Waals surface area contributed by atoms with Crippen LogP contribution in [0.5, 0.6) is 0 Å². The molecule has 0 aliphatic carbocycles. The monoisotopic (exact) mass is 351 g/mol. The van der Waals surface area contributed by atoms with E-state index in [1.807, 2.05) is 32.2 Å². The van der Waals surface area contributed by atoms with Crippen molar-refractivity contribution in [1.29, 1.82) is 0 Å². The number of likely N-dealkylation sites (N-methyl/N-ethyl adjacent to an activating group) is 1. The summed E-state index contributed by atoms with van der Waals surface area (Å²) >= 11 is 3.42. The molecule has 112 valence electrons. The van der Waals surface area contributed by atoms with Crippen molar-refractivity contribution in [2.45, 2.75) is 19.0 Å². The Hall–Kier alpha value is -1.30. The summed E-state index contributed by atoms with van der Waals surface area (Å²) in [6, 6.07) is 8.73. The van der Waals surface area contributed by atoms with Crippen molar-refractivity contribution < 1.29 is 4.39 Å². The first kappa shape index (κ1) is 16.1. The van der Waals surface area contributed by atoms with Gasteiger partial charge in [0.05, 0.1) is 0 Å². The van der Waals surface area contributed by atoms with Crippen LogP contribution < -0.4 is 5.73 Å². The first-order valence-corrected chi connectivity index (χ1v) is 7.60. The molecular formula is C16H19BrFN3. The maximum atomic E-state index is 14.0. The maximum absolute atomic E-state index is 14.0. The fourth-order valence-corrected chi connectivity index (χ4v) is 2.83. The van der Waals surface area contributed by atoms with Gasteiger partial charge >= 0.3 is 0 Å². The molecule has 0 aliphatic rings. The summed E-state index contributed by atoms with van der Waals surface area (Å²) in [6.45, 7) is 2.42. The van der Waals surface area contributed by atoms with Gasteiger partial charge in [0.15, 0.2) is 0 Å². The molecule has 0 aliphatic heterocycles. The Morgan fingerprint density at radius 1 is 1.33 bits per heavy atom. The molecule has 0 fully saturated rings. The normalized spacial score (nSPS) is 14.2. The number of aromatic nitrogens is 1. The summed E-state index contributed by atoms with van der Waals surface area (Å²) in [7, 11) is 1.95. The van der Waals surface area contributed by atoms with Gasteiger partial charge in [0.25, 0.3) is 0 Å². The van der Waals surface area contributed by atoms with E-state index in [9.17, 15) is 4.39 Å². The summed E-state index contributed by atoms with van der Waals surface area (Å²) in [5, 5.41) is 0. The van der Waals surface area contributed by atoms with Gasteiger partial charge < -0.3 is 5.73 Å². The second kappa shape index (κ2) is 7.11. The van der Waals surface area contributed by atoms with Crippen LogP contribution in [0, 0.1) is 5.82 Å². The molecule has 2 rings (SSSR count). The third-order valence-corrected chi connectivity index (χ3v) is 4.23. The second-order valence-corrected chi connectivity index (χ2v) is 5.97. The number of hydrogen-bond acceptors (Lipinski definition) is 3. The smallest absolute Gasteiger partial charge is 0.127 e. The average Bonchev–Trinajstić information content (AvgIpc) is 2.48. The first-order valence-electron chi connectivity index (χ1n) is 6.81. The van der Waals surface area contributed by atoms with Crippen molar-refractivity contribution in [3.05, 3.63) is 64.1 Å². The molecule has 3 nitrogen and oxygen atoms in total. The van der Waals surface area contributed by atoms with Crippen LogP contribution in [-0.4, -0.2) is 23.5 Å². The number of halogens is 2. The van der Waals surface area contributed by atoms with Crippen LogP contribution in [0.1, 0.15) is 30.1 Å². The molecule has 0 amide bonds. The van der Waals surface area contributed by atoms with Crippen molar-refractivity contribution in [2.24, 2.45) is 5.73 Å². The van der Waals surface area contributed by atoms with E-state index in [1.54, 1.807) is 18.5 Å². The van der Waals surface area contributed by atoms with Gasteiger partial charge in [-0.15, -0.1) is 0 Å². The molecule has 0 spiro atoms. The number of pyridine rings is 1. The fraction of sp³-hybridized carbons (Fsp3) is 0.312. The third-order valence-electron chi connectivity index (χ3n) is 3.79. The van der Waals surface area contributed by atoms with Crippen molar-refractivity contribution >= 4 is 15.9 Å². The van der Waals surface area contributed by atoms with Crippen LogP contribution in [-0.2, 0) is 0 Å². The Bertz CT molecular complexity index is 606. The summed E-state index contributed by atoms with van der Waals surface area (Å²) in [5.74, 6) is -0.194. The van der Waals surface area contributed by atoms with Gasteiger partial charge in [-0.1, -0.05) is 18.2 Å². The Kier molecular flexibility index (Phi) is 5.45. The number of hydrogen-bond donors (Lipinski definition) is 1. The Morgan fingerprint density at radius 2 is 2.05 bits per heavy atom. The van der Waals surface area contributed by atoms with Crippen molar-refractivity contribution in [2.75, 3.05) is 13.6 Å². The Morgan fingerprint density at radius 3 is 2.67 bits per heavy atom. The summed E-state index contributed by atoms with van der Waals surface area (Å²) in [4.78, 5) is 6.25. The molecule has 0 bridgehead atoms. The third kappa shape index (κ3) is 3.67. The number of nitrogens with zero attached hydrogens (tertiary/aromatic N) is 2. The van der Waals surface area contributed by atoms with Gasteiger partial charge in [0.1, 0.15) is 5.82 Å². The second-order valence-electron chi connectivity index (χ2n) is 5.05. The molecule has 1 heterocycles. The molecule has 5 heteroatoms. The summed E-state index contributed by atoms with van der Waals surface area (Å²) in [5.41, 5.74) is 7.61. The minimum absolute atomic E-state index is 0.0235. The molecule has 0 radical (unpaired) electrons. The van der Waals surface area contributed by atoms with E-state index in [2.05, 4.69) is 25.8 Å². The van der Waals surface area contributed by atoms with Crippen LogP contribution in [0.3, 0.4) is 0 Å². The van der Waals surface area contributed by atoms with E-state index in [0.717, 1.165) is 10.0 Å². The van der Waals surface area contributed by atoms with Crippen molar-refractivity contribution in [3.63, 3.8) is 0 Å². The molecule has 21 heavy (non-hydrogen) atoms. The molecule has 2 atom stereocenters. The van der Waals surface area contributed by atoms with Gasteiger partial charge in [-0.2, -0.15) is 0 Å². The largest absolute Gasteiger partial charge is 0.329 e. The lowest BCUT2D eigenvalue weighted by Crippen LogP contribution is -2.33. The van der Waals surface area contributed by atoms with Crippen LogP contribution in [0.4, 0.5) is 4.39 Å². The highest BCUT2D eigenvalue weighted by Crippen LogP contribution is 2.30. The van der Waals surface area contributed by atoms with Gasteiger partial charge in [-0.3, -0.25) is 9.88 Å². The lowest BCUT2D eigenvalue weighted by molar-refractivity contribution is 0.186. The standard InChI is InChI=1S/C16H19BrFN3/c1-11(14-5-3-4-6-15(14)18)21(2)16(8-19)12-7-13(17)10-20-9-12/h3-7,9-11,16H,8,19H2,1-2H3. The van der Waals surface area contributed by atoms with Crippen LogP contribution in [0.2, 0.25) is 0 Å². The lowest BCUT2D eigenvalue weighted by Gasteiger charge is -2.33. The quantitative estimate of drug-likeness (QED) is 0.893. The van der Waals surface area contributed by atoms with E-state index in [0.29, 0.717) is 12.1 Å². The Labute approximate surface area is 133 Å². The minimum atomic E-state index is -0.194. The van der Waals surface area contributed by atoms with Gasteiger partial charge in [-0.05, 0) is 47.6 Å². The highest BCUT2D eigenvalue weighted by atomic mass is 79.9. The first-order chi connectivity index (χ1) is 10.0. The number of rotatable bonds is 5. The average molecular weight is 352 g/mol. The van der Waals surface area contributed by atoms with Gasteiger partial charge in [0, 0.05) is 41.1 Å². The van der Waals surface area contributed by atoms with E-state index < -0.39 is 0 Å². The molecule has 1 aromatic carbocycles. The zero-order chi connectivity index (χ0) is 15.4. The van der Waals surface area contributed by atoms with Crippen LogP contribution >= 0.6 is 15.9 Å². The predicted molar refractivity (Wildman–Crippen MR) is 86.3 cm³/mol. The molecule has 0 saturated heterocycles. The van der Waals surface area contributed by atoms with E-state index >= 15 is 0 Å². The van der Waals surface area contributed by atoms with Crippen LogP contribution in [0.15, 0.2) is 47.2 Å². The minimum Gasteiger partial charge on any atom is -0.329 e. The maximum Gasteiger partial charge on any atom is 0.127 e. The lowest BCUT2D eigenvalue weighted by atomic mass is 10.0. The number of benzene rings is 1. The van der Waals surface area contributed by atoms with E-state index in [-0.39, 0.29) is 17.9 Å². The molecule has 2 N–H and O–H groups in total. The fourth-order valence-electron chi connectivity index (χ4n) is 2.45. The van der Waals surface area contributed by atoms with Gasteiger partial charge in [0.2, 0.25) is 0 Å². The summed E-state index contributed by atoms with van der Waals surface area (Å²) in [6.07, 6.45) is 3.53. The van der Waals surface area contributed by atoms with Crippen LogP contribution in [0.25, 0.3) is 0 Å². The van der Waals surface area contributed by atoms with E-state index in [4.69, 9.17) is 5.73 Å². The molecule has 2 unspecified atom stereocenters.